The summed E-state index contributed by atoms with van der Waals surface area (Å²) in [5.74, 6) is -0.0478. The fourth-order valence-electron chi connectivity index (χ4n) is 6.42. The summed E-state index contributed by atoms with van der Waals surface area (Å²) in [5.41, 5.74) is 9.21. The van der Waals surface area contributed by atoms with E-state index in [1.807, 2.05) is 42.5 Å². The van der Waals surface area contributed by atoms with E-state index < -0.39 is 5.97 Å². The van der Waals surface area contributed by atoms with Crippen molar-refractivity contribution in [2.24, 2.45) is 0 Å². The van der Waals surface area contributed by atoms with Crippen molar-refractivity contribution in [3.8, 4) is 33.8 Å². The summed E-state index contributed by atoms with van der Waals surface area (Å²) in [6, 6.07) is 30.4. The first-order chi connectivity index (χ1) is 20.5. The molecule has 1 N–H and O–H groups in total. The van der Waals surface area contributed by atoms with Crippen LogP contribution in [0.25, 0.3) is 55.7 Å². The number of carboxylic acid groups (broad SMARTS) is 1. The molecule has 6 aromatic rings. The highest BCUT2D eigenvalue weighted by Gasteiger charge is 2.24. The highest BCUT2D eigenvalue weighted by Crippen LogP contribution is 2.38. The number of pyridine rings is 1. The fraction of sp³-hybridized carbons (Fsp3) is 0.194. The van der Waals surface area contributed by atoms with E-state index in [2.05, 4.69) is 47.9 Å². The van der Waals surface area contributed by atoms with Gasteiger partial charge in [-0.15, -0.1) is 0 Å². The van der Waals surface area contributed by atoms with Crippen molar-refractivity contribution in [3.05, 3.63) is 107 Å². The SMILES string of the molecule is Cc1cc(-c2nc3cc(C(=O)O)ccc3n2C2CCCCC2)cc2ccc(-c3ccccc3-c3ccc(Cl)cc3)nc12. The number of fused-ring (bicyclic) bond motifs is 2. The highest BCUT2D eigenvalue weighted by molar-refractivity contribution is 6.30. The van der Waals surface area contributed by atoms with Gasteiger partial charge in [-0.05, 0) is 85.0 Å². The molecule has 1 aliphatic rings. The predicted octanol–water partition coefficient (Wildman–Crippen LogP) is 9.75. The second-order valence-electron chi connectivity index (χ2n) is 11.2. The van der Waals surface area contributed by atoms with Gasteiger partial charge in [0, 0.05) is 27.6 Å². The van der Waals surface area contributed by atoms with Crippen LogP contribution >= 0.6 is 11.6 Å². The molecule has 0 unspecified atom stereocenters. The van der Waals surface area contributed by atoms with Crippen LogP contribution in [0.2, 0.25) is 5.02 Å². The van der Waals surface area contributed by atoms with Gasteiger partial charge in [-0.2, -0.15) is 0 Å². The van der Waals surface area contributed by atoms with Crippen LogP contribution in [-0.4, -0.2) is 25.6 Å². The summed E-state index contributed by atoms with van der Waals surface area (Å²) in [6.45, 7) is 2.10. The lowest BCUT2D eigenvalue weighted by atomic mass is 9.94. The van der Waals surface area contributed by atoms with Crippen LogP contribution in [0, 0.1) is 6.92 Å². The molecule has 0 atom stereocenters. The third-order valence-corrected chi connectivity index (χ3v) is 8.73. The number of hydrogen-bond acceptors (Lipinski definition) is 3. The summed E-state index contributed by atoms with van der Waals surface area (Å²) >= 11 is 6.15. The van der Waals surface area contributed by atoms with Crippen LogP contribution in [0.3, 0.4) is 0 Å². The number of carboxylic acids is 1. The molecule has 1 aliphatic carbocycles. The molecule has 0 spiro atoms. The molecule has 5 nitrogen and oxygen atoms in total. The lowest BCUT2D eigenvalue weighted by Gasteiger charge is -2.26. The lowest BCUT2D eigenvalue weighted by Crippen LogP contribution is -2.14. The maximum Gasteiger partial charge on any atom is 0.335 e. The Hall–Kier alpha value is -4.48. The van der Waals surface area contributed by atoms with Crippen LogP contribution in [0.15, 0.2) is 91.0 Å². The van der Waals surface area contributed by atoms with Crippen LogP contribution in [0.1, 0.15) is 54.1 Å². The first-order valence-corrected chi connectivity index (χ1v) is 14.9. The molecule has 2 aromatic heterocycles. The van der Waals surface area contributed by atoms with Crippen molar-refractivity contribution < 1.29 is 9.90 Å². The largest absolute Gasteiger partial charge is 0.478 e. The molecule has 1 saturated carbocycles. The van der Waals surface area contributed by atoms with E-state index in [1.165, 1.54) is 19.3 Å². The van der Waals surface area contributed by atoms with Crippen LogP contribution in [-0.2, 0) is 0 Å². The summed E-state index contributed by atoms with van der Waals surface area (Å²) < 4.78 is 2.35. The van der Waals surface area contributed by atoms with Crippen molar-refractivity contribution in [2.75, 3.05) is 0 Å². The van der Waals surface area contributed by atoms with Crippen molar-refractivity contribution in [3.63, 3.8) is 0 Å². The molecule has 7 rings (SSSR count). The quantitative estimate of drug-likeness (QED) is 0.223. The molecule has 0 bridgehead atoms. The topological polar surface area (TPSA) is 68.0 Å². The Bertz CT molecular complexity index is 1970. The summed E-state index contributed by atoms with van der Waals surface area (Å²) in [4.78, 5) is 21.9. The van der Waals surface area contributed by atoms with Crippen LogP contribution in [0.5, 0.6) is 0 Å². The monoisotopic (exact) mass is 571 g/mol. The molecule has 1 fully saturated rings. The van der Waals surface area contributed by atoms with Gasteiger partial charge in [-0.3, -0.25) is 0 Å². The van der Waals surface area contributed by atoms with E-state index in [-0.39, 0.29) is 5.56 Å². The second-order valence-corrected chi connectivity index (χ2v) is 11.7. The van der Waals surface area contributed by atoms with Gasteiger partial charge in [-0.1, -0.05) is 73.3 Å². The molecule has 2 heterocycles. The van der Waals surface area contributed by atoms with Gasteiger partial charge in [0.1, 0.15) is 5.82 Å². The van der Waals surface area contributed by atoms with Gasteiger partial charge in [0.15, 0.2) is 0 Å². The van der Waals surface area contributed by atoms with E-state index in [9.17, 15) is 9.90 Å². The average molecular weight is 572 g/mol. The zero-order valence-corrected chi connectivity index (χ0v) is 24.1. The standard InChI is InChI=1S/C36H30ClN3O2/c1-22-19-26(35-39-32-21-25(36(41)42)14-18-33(32)40(35)28-7-3-2-4-8-28)20-24-13-17-31(38-34(22)24)30-10-6-5-9-29(30)23-11-15-27(37)16-12-23/h5-6,9-21,28H,2-4,7-8H2,1H3,(H,41,42). The maximum atomic E-state index is 11.7. The molecule has 6 heteroatoms. The predicted molar refractivity (Wildman–Crippen MR) is 170 cm³/mol. The Morgan fingerprint density at radius 1 is 0.833 bits per heavy atom. The Kier molecular flexibility index (Phi) is 6.75. The number of nitrogens with zero attached hydrogens (tertiary/aromatic N) is 3. The zero-order chi connectivity index (χ0) is 28.8. The van der Waals surface area contributed by atoms with Gasteiger partial charge < -0.3 is 9.67 Å². The van der Waals surface area contributed by atoms with Gasteiger partial charge in [0.05, 0.1) is 27.8 Å². The summed E-state index contributed by atoms with van der Waals surface area (Å²) in [7, 11) is 0. The highest BCUT2D eigenvalue weighted by atomic mass is 35.5. The lowest BCUT2D eigenvalue weighted by molar-refractivity contribution is 0.0697. The molecule has 0 radical (unpaired) electrons. The van der Waals surface area contributed by atoms with Crippen molar-refractivity contribution in [1.82, 2.24) is 14.5 Å². The van der Waals surface area contributed by atoms with Crippen molar-refractivity contribution in [2.45, 2.75) is 45.1 Å². The Balaban J connectivity index is 1.35. The summed E-state index contributed by atoms with van der Waals surface area (Å²) in [6.07, 6.45) is 5.84. The summed E-state index contributed by atoms with van der Waals surface area (Å²) in [5, 5.41) is 11.4. The third-order valence-electron chi connectivity index (χ3n) is 8.48. The molecule has 42 heavy (non-hydrogen) atoms. The van der Waals surface area contributed by atoms with E-state index >= 15 is 0 Å². The molecular weight excluding hydrogens is 542 g/mol. The number of aryl methyl sites for hydroxylation is 1. The van der Waals surface area contributed by atoms with Gasteiger partial charge in [0.2, 0.25) is 0 Å². The number of benzene rings is 4. The fourth-order valence-corrected chi connectivity index (χ4v) is 6.55. The van der Waals surface area contributed by atoms with Crippen LogP contribution < -0.4 is 0 Å². The minimum Gasteiger partial charge on any atom is -0.478 e. The van der Waals surface area contributed by atoms with E-state index in [0.717, 1.165) is 74.1 Å². The molecule has 4 aromatic carbocycles. The first kappa shape index (κ1) is 26.4. The molecule has 0 aliphatic heterocycles. The van der Waals surface area contributed by atoms with Crippen molar-refractivity contribution in [1.29, 1.82) is 0 Å². The Morgan fingerprint density at radius 3 is 2.36 bits per heavy atom. The molecule has 0 amide bonds. The van der Waals surface area contributed by atoms with Crippen molar-refractivity contribution >= 4 is 39.5 Å². The second kappa shape index (κ2) is 10.7. The number of rotatable bonds is 5. The minimum atomic E-state index is -0.938. The first-order valence-electron chi connectivity index (χ1n) is 14.5. The van der Waals surface area contributed by atoms with Crippen LogP contribution in [0.4, 0.5) is 0 Å². The van der Waals surface area contributed by atoms with Gasteiger partial charge in [0.25, 0.3) is 0 Å². The number of halogens is 1. The number of aromatic nitrogens is 3. The number of carbonyl (C=O) groups is 1. The number of aromatic carboxylic acids is 1. The average Bonchev–Trinajstić information content (AvgIpc) is 3.41. The minimum absolute atomic E-state index is 0.257. The smallest absolute Gasteiger partial charge is 0.335 e. The molecule has 0 saturated heterocycles. The normalized spacial score (nSPS) is 14.0. The van der Waals surface area contributed by atoms with E-state index in [4.69, 9.17) is 21.6 Å². The Labute approximate surface area is 249 Å². The molecule has 208 valence electrons. The number of hydrogen-bond donors (Lipinski definition) is 1. The van der Waals surface area contributed by atoms with Gasteiger partial charge >= 0.3 is 5.97 Å². The maximum absolute atomic E-state index is 11.7. The van der Waals surface area contributed by atoms with Gasteiger partial charge in [-0.25, -0.2) is 14.8 Å². The molecular formula is C36H30ClN3O2. The van der Waals surface area contributed by atoms with E-state index in [1.54, 1.807) is 12.1 Å². The third kappa shape index (κ3) is 4.74. The van der Waals surface area contributed by atoms with E-state index in [0.29, 0.717) is 11.1 Å². The Morgan fingerprint density at radius 2 is 1.60 bits per heavy atom. The number of imidazole rings is 1. The zero-order valence-electron chi connectivity index (χ0n) is 23.3.